The summed E-state index contributed by atoms with van der Waals surface area (Å²) in [6, 6.07) is 5.45. The number of benzene rings is 1. The molecule has 0 saturated carbocycles. The lowest BCUT2D eigenvalue weighted by Crippen LogP contribution is -2.49. The van der Waals surface area contributed by atoms with Crippen molar-refractivity contribution in [2.24, 2.45) is 0 Å². The zero-order chi connectivity index (χ0) is 12.3. The molecular weight excluding hydrogens is 261 g/mol. The van der Waals surface area contributed by atoms with E-state index in [1.807, 2.05) is 13.0 Å². The molecule has 1 unspecified atom stereocenters. The molecule has 0 spiro atoms. The Morgan fingerprint density at radius 3 is 2.82 bits per heavy atom. The SMILES string of the molecule is CCOC1(c2ccc(Cl)c(Cl)c2)CNCCO1. The number of nitrogens with one attached hydrogen (secondary N) is 1. The van der Waals surface area contributed by atoms with E-state index in [0.29, 0.717) is 29.8 Å². The molecule has 0 bridgehead atoms. The molecule has 17 heavy (non-hydrogen) atoms. The Morgan fingerprint density at radius 1 is 1.41 bits per heavy atom. The van der Waals surface area contributed by atoms with E-state index in [9.17, 15) is 0 Å². The summed E-state index contributed by atoms with van der Waals surface area (Å²) in [4.78, 5) is 0. The fraction of sp³-hybridized carbons (Fsp3) is 0.500. The topological polar surface area (TPSA) is 30.5 Å². The molecular formula is C12H15Cl2NO2. The average Bonchev–Trinajstić information content (AvgIpc) is 2.34. The van der Waals surface area contributed by atoms with Gasteiger partial charge < -0.3 is 14.8 Å². The number of hydrogen-bond acceptors (Lipinski definition) is 3. The van der Waals surface area contributed by atoms with Gasteiger partial charge in [-0.3, -0.25) is 0 Å². The highest BCUT2D eigenvalue weighted by atomic mass is 35.5. The van der Waals surface area contributed by atoms with Gasteiger partial charge in [-0.1, -0.05) is 29.3 Å². The van der Waals surface area contributed by atoms with E-state index in [4.69, 9.17) is 32.7 Å². The van der Waals surface area contributed by atoms with Gasteiger partial charge in [-0.05, 0) is 19.1 Å². The molecule has 1 aliphatic rings. The summed E-state index contributed by atoms with van der Waals surface area (Å²) < 4.78 is 11.6. The Morgan fingerprint density at radius 2 is 2.24 bits per heavy atom. The van der Waals surface area contributed by atoms with Crippen LogP contribution in [0.1, 0.15) is 12.5 Å². The van der Waals surface area contributed by atoms with Gasteiger partial charge in [0.25, 0.3) is 0 Å². The number of morpholine rings is 1. The van der Waals surface area contributed by atoms with Crippen molar-refractivity contribution in [1.82, 2.24) is 5.32 Å². The van der Waals surface area contributed by atoms with Crippen LogP contribution in [0.15, 0.2) is 18.2 Å². The molecule has 1 aromatic carbocycles. The minimum Gasteiger partial charge on any atom is -0.345 e. The molecule has 0 radical (unpaired) electrons. The van der Waals surface area contributed by atoms with E-state index in [0.717, 1.165) is 12.1 Å². The predicted octanol–water partition coefficient (Wildman–Crippen LogP) is 2.80. The summed E-state index contributed by atoms with van der Waals surface area (Å²) in [6.07, 6.45) is 0. The average molecular weight is 276 g/mol. The highest BCUT2D eigenvalue weighted by Crippen LogP contribution is 2.33. The normalized spacial score (nSPS) is 24.9. The first-order valence-corrected chi connectivity index (χ1v) is 6.38. The molecule has 1 aromatic rings. The van der Waals surface area contributed by atoms with Crippen molar-refractivity contribution in [2.75, 3.05) is 26.3 Å². The lowest BCUT2D eigenvalue weighted by atomic mass is 10.0. The monoisotopic (exact) mass is 275 g/mol. The zero-order valence-electron chi connectivity index (χ0n) is 9.63. The molecule has 3 nitrogen and oxygen atoms in total. The lowest BCUT2D eigenvalue weighted by Gasteiger charge is -2.37. The third kappa shape index (κ3) is 2.75. The van der Waals surface area contributed by atoms with Crippen molar-refractivity contribution in [3.05, 3.63) is 33.8 Å². The van der Waals surface area contributed by atoms with E-state index < -0.39 is 5.79 Å². The number of ether oxygens (including phenoxy) is 2. The second-order valence-electron chi connectivity index (χ2n) is 3.84. The summed E-state index contributed by atoms with van der Waals surface area (Å²) in [5.74, 6) is -0.749. The first-order chi connectivity index (χ1) is 8.18. The number of hydrogen-bond donors (Lipinski definition) is 1. The third-order valence-corrected chi connectivity index (χ3v) is 3.45. The lowest BCUT2D eigenvalue weighted by molar-refractivity contribution is -0.253. The van der Waals surface area contributed by atoms with Crippen molar-refractivity contribution in [2.45, 2.75) is 12.7 Å². The van der Waals surface area contributed by atoms with Gasteiger partial charge in [-0.25, -0.2) is 0 Å². The van der Waals surface area contributed by atoms with Crippen LogP contribution in [0.3, 0.4) is 0 Å². The van der Waals surface area contributed by atoms with Gasteiger partial charge in [0.1, 0.15) is 0 Å². The van der Waals surface area contributed by atoms with Gasteiger partial charge in [0.15, 0.2) is 0 Å². The van der Waals surface area contributed by atoms with Gasteiger partial charge >= 0.3 is 0 Å². The van der Waals surface area contributed by atoms with Crippen molar-refractivity contribution in [3.63, 3.8) is 0 Å². The molecule has 1 saturated heterocycles. The maximum atomic E-state index is 6.03. The van der Waals surface area contributed by atoms with Crippen LogP contribution in [0.2, 0.25) is 10.0 Å². The van der Waals surface area contributed by atoms with Crippen LogP contribution < -0.4 is 5.32 Å². The zero-order valence-corrected chi connectivity index (χ0v) is 11.1. The van der Waals surface area contributed by atoms with Crippen molar-refractivity contribution >= 4 is 23.2 Å². The second kappa shape index (κ2) is 5.55. The molecule has 94 valence electrons. The smallest absolute Gasteiger partial charge is 0.207 e. The first kappa shape index (κ1) is 13.1. The fourth-order valence-electron chi connectivity index (χ4n) is 1.92. The molecule has 1 aliphatic heterocycles. The Bertz CT molecular complexity index is 387. The Kier molecular flexibility index (Phi) is 4.28. The van der Waals surface area contributed by atoms with Gasteiger partial charge in [0.2, 0.25) is 5.79 Å². The quantitative estimate of drug-likeness (QED) is 0.920. The summed E-state index contributed by atoms with van der Waals surface area (Å²) >= 11 is 11.9. The Hall–Kier alpha value is -0.320. The van der Waals surface area contributed by atoms with E-state index in [1.165, 1.54) is 0 Å². The molecule has 1 N–H and O–H groups in total. The largest absolute Gasteiger partial charge is 0.345 e. The van der Waals surface area contributed by atoms with Crippen LogP contribution in [0.5, 0.6) is 0 Å². The maximum Gasteiger partial charge on any atom is 0.207 e. The third-order valence-electron chi connectivity index (χ3n) is 2.71. The minimum absolute atomic E-state index is 0.511. The van der Waals surface area contributed by atoms with E-state index >= 15 is 0 Å². The predicted molar refractivity (Wildman–Crippen MR) is 68.6 cm³/mol. The standard InChI is InChI=1S/C12H15Cl2NO2/c1-2-16-12(8-15-5-6-17-12)9-3-4-10(13)11(14)7-9/h3-4,7,15H,2,5-6,8H2,1H3. The summed E-state index contributed by atoms with van der Waals surface area (Å²) in [7, 11) is 0. The Labute approximate surface area is 111 Å². The maximum absolute atomic E-state index is 6.03. The molecule has 1 fully saturated rings. The van der Waals surface area contributed by atoms with Crippen LogP contribution in [0.4, 0.5) is 0 Å². The minimum atomic E-state index is -0.749. The van der Waals surface area contributed by atoms with E-state index in [2.05, 4.69) is 5.32 Å². The molecule has 0 aromatic heterocycles. The van der Waals surface area contributed by atoms with Crippen LogP contribution in [0.25, 0.3) is 0 Å². The van der Waals surface area contributed by atoms with Crippen molar-refractivity contribution in [3.8, 4) is 0 Å². The molecule has 2 rings (SSSR count). The van der Waals surface area contributed by atoms with Crippen molar-refractivity contribution in [1.29, 1.82) is 0 Å². The number of halogens is 2. The fourth-order valence-corrected chi connectivity index (χ4v) is 2.22. The van der Waals surface area contributed by atoms with Gasteiger partial charge in [-0.15, -0.1) is 0 Å². The highest BCUT2D eigenvalue weighted by Gasteiger charge is 2.36. The number of rotatable bonds is 3. The van der Waals surface area contributed by atoms with Gasteiger partial charge in [0, 0.05) is 18.7 Å². The molecule has 0 aliphatic carbocycles. The van der Waals surface area contributed by atoms with Crippen LogP contribution in [-0.2, 0) is 15.3 Å². The molecule has 1 heterocycles. The van der Waals surface area contributed by atoms with E-state index in [1.54, 1.807) is 12.1 Å². The first-order valence-electron chi connectivity index (χ1n) is 5.62. The summed E-state index contributed by atoms with van der Waals surface area (Å²) in [5.41, 5.74) is 0.890. The Balaban J connectivity index is 2.34. The highest BCUT2D eigenvalue weighted by molar-refractivity contribution is 6.42. The summed E-state index contributed by atoms with van der Waals surface area (Å²) in [5, 5.41) is 4.31. The molecule has 0 amide bonds. The summed E-state index contributed by atoms with van der Waals surface area (Å²) in [6.45, 7) is 4.56. The molecule has 5 heteroatoms. The molecule has 1 atom stereocenters. The van der Waals surface area contributed by atoms with Crippen LogP contribution in [0, 0.1) is 0 Å². The van der Waals surface area contributed by atoms with E-state index in [-0.39, 0.29) is 0 Å². The second-order valence-corrected chi connectivity index (χ2v) is 4.65. The van der Waals surface area contributed by atoms with Crippen LogP contribution in [-0.4, -0.2) is 26.3 Å². The van der Waals surface area contributed by atoms with Crippen LogP contribution >= 0.6 is 23.2 Å². The van der Waals surface area contributed by atoms with Gasteiger partial charge in [-0.2, -0.15) is 0 Å². The van der Waals surface area contributed by atoms with Crippen molar-refractivity contribution < 1.29 is 9.47 Å². The van der Waals surface area contributed by atoms with Gasteiger partial charge in [0.05, 0.1) is 23.2 Å².